The van der Waals surface area contributed by atoms with E-state index in [0.29, 0.717) is 0 Å². The molecule has 0 amide bonds. The number of nitrogens with zero attached hydrogens (tertiary/aromatic N) is 1. The molecule has 0 aliphatic carbocycles. The second-order valence-electron chi connectivity index (χ2n) is 4.01. The maximum absolute atomic E-state index is 12.2. The van der Waals surface area contributed by atoms with Crippen LogP contribution in [0.4, 0.5) is 0 Å². The molecule has 0 N–H and O–H groups in total. The number of carbonyl (C=O) groups excluding carboxylic acids is 1. The van der Waals surface area contributed by atoms with Gasteiger partial charge in [-0.15, -0.1) is 0 Å². The molecule has 2 rings (SSSR count). The average molecular weight is 311 g/mol. The van der Waals surface area contributed by atoms with Crippen LogP contribution in [-0.4, -0.2) is 33.6 Å². The first kappa shape index (κ1) is 15.0. The first-order valence-electron chi connectivity index (χ1n) is 5.87. The quantitative estimate of drug-likeness (QED) is 0.771. The van der Waals surface area contributed by atoms with Gasteiger partial charge in [0.1, 0.15) is 5.75 Å². The fourth-order valence-corrected chi connectivity index (χ4v) is 2.84. The van der Waals surface area contributed by atoms with Crippen molar-refractivity contribution in [2.75, 3.05) is 14.2 Å². The molecule has 0 atom stereocenters. The van der Waals surface area contributed by atoms with E-state index >= 15 is 0 Å². The van der Waals surface area contributed by atoms with E-state index in [0.717, 1.165) is 0 Å². The zero-order chi connectivity index (χ0) is 15.5. The van der Waals surface area contributed by atoms with Crippen LogP contribution in [0, 0.1) is 0 Å². The molecule has 0 fully saturated rings. The van der Waals surface area contributed by atoms with Crippen molar-refractivity contribution in [1.82, 2.24) is 4.98 Å². The molecule has 0 saturated carbocycles. The topological polar surface area (TPSA) is 95.7 Å². The lowest BCUT2D eigenvalue weighted by Gasteiger charge is -2.00. The van der Waals surface area contributed by atoms with Gasteiger partial charge in [0.05, 0.1) is 19.1 Å². The summed E-state index contributed by atoms with van der Waals surface area (Å²) in [5.74, 6) is -1.57. The minimum atomic E-state index is -3.62. The van der Waals surface area contributed by atoms with Gasteiger partial charge < -0.3 is 13.9 Å². The Hall–Kier alpha value is -2.35. The van der Waals surface area contributed by atoms with Crippen LogP contribution in [0.2, 0.25) is 0 Å². The number of aromatic nitrogens is 1. The second-order valence-corrected chi connectivity index (χ2v) is 6.00. The highest BCUT2D eigenvalue weighted by Crippen LogP contribution is 2.23. The van der Waals surface area contributed by atoms with Gasteiger partial charge in [-0.2, -0.15) is 0 Å². The largest absolute Gasteiger partial charge is 0.467 e. The summed E-state index contributed by atoms with van der Waals surface area (Å²) in [6, 6.07) is 7.88. The normalized spacial score (nSPS) is 11.1. The van der Waals surface area contributed by atoms with Crippen LogP contribution in [0.1, 0.15) is 16.4 Å². The van der Waals surface area contributed by atoms with Gasteiger partial charge in [-0.25, -0.2) is 18.2 Å². The number of ether oxygens (including phenoxy) is 2. The smallest absolute Gasteiger partial charge is 0.364 e. The van der Waals surface area contributed by atoms with Crippen molar-refractivity contribution in [3.8, 4) is 5.95 Å². The van der Waals surface area contributed by atoms with Crippen molar-refractivity contribution in [2.24, 2.45) is 0 Å². The predicted octanol–water partition coefficient (Wildman–Crippen LogP) is 1.44. The highest BCUT2D eigenvalue weighted by molar-refractivity contribution is 7.90. The Morgan fingerprint density at radius 1 is 1.24 bits per heavy atom. The number of carbonyl (C=O) groups is 1. The summed E-state index contributed by atoms with van der Waals surface area (Å²) in [6.07, 6.45) is 0. The molecule has 0 saturated heterocycles. The van der Waals surface area contributed by atoms with E-state index in [1.54, 1.807) is 18.2 Å². The van der Waals surface area contributed by atoms with Gasteiger partial charge in [-0.3, -0.25) is 0 Å². The number of hydrogen-bond acceptors (Lipinski definition) is 7. The second kappa shape index (κ2) is 5.96. The summed E-state index contributed by atoms with van der Waals surface area (Å²) in [5, 5.41) is 0. The fraction of sp³-hybridized carbons (Fsp3) is 0.231. The van der Waals surface area contributed by atoms with E-state index in [1.165, 1.54) is 26.4 Å². The molecule has 2 aromatic rings. The third-order valence-electron chi connectivity index (χ3n) is 2.62. The van der Waals surface area contributed by atoms with Crippen LogP contribution in [-0.2, 0) is 20.3 Å². The van der Waals surface area contributed by atoms with E-state index in [4.69, 9.17) is 9.15 Å². The number of sulfone groups is 1. The molecule has 112 valence electrons. The SMILES string of the molecule is COC(=O)c1nc(CS(=O)(=O)c2ccccc2)oc1OC. The lowest BCUT2D eigenvalue weighted by Crippen LogP contribution is -2.06. The van der Waals surface area contributed by atoms with Crippen molar-refractivity contribution < 1.29 is 27.1 Å². The monoisotopic (exact) mass is 311 g/mol. The Labute approximate surface area is 121 Å². The van der Waals surface area contributed by atoms with Crippen LogP contribution < -0.4 is 4.74 Å². The Morgan fingerprint density at radius 3 is 2.48 bits per heavy atom. The average Bonchev–Trinajstić information content (AvgIpc) is 2.89. The van der Waals surface area contributed by atoms with Crippen LogP contribution >= 0.6 is 0 Å². The molecule has 0 spiro atoms. The highest BCUT2D eigenvalue weighted by Gasteiger charge is 2.25. The Morgan fingerprint density at radius 2 is 1.90 bits per heavy atom. The highest BCUT2D eigenvalue weighted by atomic mass is 32.2. The van der Waals surface area contributed by atoms with Crippen LogP contribution in [0.3, 0.4) is 0 Å². The third kappa shape index (κ3) is 3.22. The van der Waals surface area contributed by atoms with Crippen molar-refractivity contribution in [2.45, 2.75) is 10.6 Å². The van der Waals surface area contributed by atoms with Gasteiger partial charge >= 0.3 is 11.9 Å². The molecule has 0 radical (unpaired) electrons. The summed E-state index contributed by atoms with van der Waals surface area (Å²) in [4.78, 5) is 15.4. The summed E-state index contributed by atoms with van der Waals surface area (Å²) in [6.45, 7) is 0. The summed E-state index contributed by atoms with van der Waals surface area (Å²) in [7, 11) is -1.16. The van der Waals surface area contributed by atoms with Crippen molar-refractivity contribution in [1.29, 1.82) is 0 Å². The van der Waals surface area contributed by atoms with Crippen LogP contribution in [0.25, 0.3) is 0 Å². The Kier molecular flexibility index (Phi) is 4.27. The number of oxazole rings is 1. The van der Waals surface area contributed by atoms with Crippen molar-refractivity contribution >= 4 is 15.8 Å². The van der Waals surface area contributed by atoms with E-state index in [-0.39, 0.29) is 22.4 Å². The van der Waals surface area contributed by atoms with E-state index < -0.39 is 21.6 Å². The van der Waals surface area contributed by atoms with Crippen LogP contribution in [0.15, 0.2) is 39.6 Å². The molecule has 1 aromatic heterocycles. The van der Waals surface area contributed by atoms with Gasteiger partial charge in [-0.05, 0) is 12.1 Å². The fourth-order valence-electron chi connectivity index (χ4n) is 1.65. The van der Waals surface area contributed by atoms with Crippen LogP contribution in [0.5, 0.6) is 5.95 Å². The van der Waals surface area contributed by atoms with Gasteiger partial charge in [0.25, 0.3) is 0 Å². The van der Waals surface area contributed by atoms with Crippen molar-refractivity contribution in [3.05, 3.63) is 41.9 Å². The van der Waals surface area contributed by atoms with Gasteiger partial charge in [-0.1, -0.05) is 18.2 Å². The minimum absolute atomic E-state index is 0.141. The molecule has 0 unspecified atom stereocenters. The lowest BCUT2D eigenvalue weighted by atomic mass is 10.4. The molecule has 21 heavy (non-hydrogen) atoms. The number of esters is 1. The Bertz CT molecular complexity index is 735. The molecule has 1 aromatic carbocycles. The maximum Gasteiger partial charge on any atom is 0.364 e. The molecule has 0 bridgehead atoms. The molecule has 0 aliphatic heterocycles. The van der Waals surface area contributed by atoms with Gasteiger partial charge in [0.15, 0.2) is 9.84 Å². The minimum Gasteiger partial charge on any atom is -0.467 e. The number of benzene rings is 1. The summed E-state index contributed by atoms with van der Waals surface area (Å²) < 4.78 is 38.9. The summed E-state index contributed by atoms with van der Waals surface area (Å²) in [5.41, 5.74) is -0.196. The molecule has 8 heteroatoms. The Balaban J connectivity index is 2.32. The zero-order valence-corrected chi connectivity index (χ0v) is 12.2. The van der Waals surface area contributed by atoms with Crippen molar-refractivity contribution in [3.63, 3.8) is 0 Å². The molecule has 7 nitrogen and oxygen atoms in total. The molecule has 0 aliphatic rings. The van der Waals surface area contributed by atoms with Gasteiger partial charge in [0, 0.05) is 0 Å². The summed E-state index contributed by atoms with van der Waals surface area (Å²) >= 11 is 0. The molecular weight excluding hydrogens is 298 g/mol. The van der Waals surface area contributed by atoms with E-state index in [9.17, 15) is 13.2 Å². The van der Waals surface area contributed by atoms with E-state index in [1.807, 2.05) is 0 Å². The predicted molar refractivity (Wildman–Crippen MR) is 71.7 cm³/mol. The first-order valence-corrected chi connectivity index (χ1v) is 7.53. The molecule has 1 heterocycles. The van der Waals surface area contributed by atoms with E-state index in [2.05, 4.69) is 9.72 Å². The number of rotatable bonds is 5. The third-order valence-corrected chi connectivity index (χ3v) is 4.24. The molecular formula is C13H13NO6S. The number of hydrogen-bond donors (Lipinski definition) is 0. The maximum atomic E-state index is 12.2. The standard InChI is InChI=1S/C13H13NO6S/c1-18-12(15)11-13(19-2)20-10(14-11)8-21(16,17)9-6-4-3-5-7-9/h3-7H,8H2,1-2H3. The number of methoxy groups -OCH3 is 2. The lowest BCUT2D eigenvalue weighted by molar-refractivity contribution is 0.0588. The van der Waals surface area contributed by atoms with Gasteiger partial charge in [0.2, 0.25) is 11.6 Å². The zero-order valence-electron chi connectivity index (χ0n) is 11.4. The first-order chi connectivity index (χ1) is 9.97.